The lowest BCUT2D eigenvalue weighted by atomic mass is 9.93. The van der Waals surface area contributed by atoms with Crippen LogP contribution in [0.4, 0.5) is 0 Å². The highest BCUT2D eigenvalue weighted by atomic mass is 35.5. The van der Waals surface area contributed by atoms with Crippen molar-refractivity contribution >= 4 is 47.7 Å². The lowest BCUT2D eigenvalue weighted by Crippen LogP contribution is -2.54. The summed E-state index contributed by atoms with van der Waals surface area (Å²) in [7, 11) is 0. The summed E-state index contributed by atoms with van der Waals surface area (Å²) < 4.78 is 2.04. The number of hydrogen-bond acceptors (Lipinski definition) is 4. The van der Waals surface area contributed by atoms with E-state index in [0.717, 1.165) is 17.5 Å². The Morgan fingerprint density at radius 1 is 1.09 bits per heavy atom. The number of carbonyl (C=O) groups is 2. The van der Waals surface area contributed by atoms with Gasteiger partial charge < -0.3 is 20.5 Å². The lowest BCUT2D eigenvalue weighted by molar-refractivity contribution is -0.122. The Hall–Kier alpha value is -2.61. The second kappa shape index (κ2) is 12.9. The van der Waals surface area contributed by atoms with Crippen LogP contribution in [0.2, 0.25) is 0 Å². The first-order chi connectivity index (χ1) is 15.9. The van der Waals surface area contributed by atoms with Crippen LogP contribution in [0.25, 0.3) is 11.0 Å². The van der Waals surface area contributed by atoms with Gasteiger partial charge in [-0.05, 0) is 36.5 Å². The molecule has 9 heteroatoms. The maximum atomic E-state index is 14.0. The zero-order chi connectivity index (χ0) is 23.4. The SMILES string of the molecule is CC(C)CN(C(=O)c1nc2ccccc2n1CCc1ccccc1)[C@@H]1CNC[C@H](C(N)=O)C1.Cl.Cl. The van der Waals surface area contributed by atoms with Gasteiger partial charge in [-0.25, -0.2) is 4.98 Å². The Kier molecular flexibility index (Phi) is 10.6. The van der Waals surface area contributed by atoms with Gasteiger partial charge in [0.1, 0.15) is 0 Å². The number of aryl methyl sites for hydroxylation is 2. The number of halogens is 2. The third-order valence-electron chi connectivity index (χ3n) is 6.31. The van der Waals surface area contributed by atoms with Crippen LogP contribution in [-0.2, 0) is 17.8 Å². The standard InChI is InChI=1S/C26H33N5O2.2ClH/c1-18(2)17-31(21-14-20(24(27)32)15-28-16-21)26(33)25-29-22-10-6-7-11-23(22)30(25)13-12-19-8-4-3-5-9-19;;/h3-11,18,20-21,28H,12-17H2,1-2H3,(H2,27,32);2*1H/t20-,21+;;/m1../s1. The van der Waals surface area contributed by atoms with Crippen LogP contribution in [0.15, 0.2) is 54.6 Å². The summed E-state index contributed by atoms with van der Waals surface area (Å²) in [6, 6.07) is 18.1. The molecule has 35 heavy (non-hydrogen) atoms. The van der Waals surface area contributed by atoms with Gasteiger partial charge in [-0.1, -0.05) is 56.3 Å². The average Bonchev–Trinajstić information content (AvgIpc) is 3.20. The normalized spacial score (nSPS) is 17.5. The molecule has 1 aromatic heterocycles. The number of primary amides is 1. The van der Waals surface area contributed by atoms with Gasteiger partial charge in [-0.3, -0.25) is 9.59 Å². The van der Waals surface area contributed by atoms with Crippen molar-refractivity contribution in [1.29, 1.82) is 0 Å². The van der Waals surface area contributed by atoms with Gasteiger partial charge >= 0.3 is 0 Å². The number of imidazole rings is 1. The molecule has 1 fully saturated rings. The summed E-state index contributed by atoms with van der Waals surface area (Å²) in [5.74, 6) is 0.0475. The molecule has 2 atom stereocenters. The van der Waals surface area contributed by atoms with Crippen LogP contribution in [0.1, 0.15) is 36.5 Å². The summed E-state index contributed by atoms with van der Waals surface area (Å²) in [4.78, 5) is 32.5. The Morgan fingerprint density at radius 3 is 2.46 bits per heavy atom. The molecule has 0 spiro atoms. The topological polar surface area (TPSA) is 93.2 Å². The fraction of sp³-hybridized carbons (Fsp3) is 0.423. The minimum Gasteiger partial charge on any atom is -0.369 e. The van der Waals surface area contributed by atoms with Crippen molar-refractivity contribution < 1.29 is 9.59 Å². The van der Waals surface area contributed by atoms with E-state index in [1.807, 2.05) is 51.9 Å². The summed E-state index contributed by atoms with van der Waals surface area (Å²) in [6.07, 6.45) is 1.38. The molecule has 0 saturated carbocycles. The highest BCUT2D eigenvalue weighted by Gasteiger charge is 2.34. The Balaban J connectivity index is 0.00000216. The number of aromatic nitrogens is 2. The number of nitrogens with two attached hydrogens (primary N) is 1. The van der Waals surface area contributed by atoms with Gasteiger partial charge in [0.25, 0.3) is 5.91 Å². The van der Waals surface area contributed by atoms with Gasteiger partial charge in [-0.15, -0.1) is 24.8 Å². The molecule has 2 amide bonds. The second-order valence-electron chi connectivity index (χ2n) is 9.31. The molecule has 3 N–H and O–H groups in total. The fourth-order valence-electron chi connectivity index (χ4n) is 4.64. The average molecular weight is 521 g/mol. The van der Waals surface area contributed by atoms with Gasteiger partial charge in [0, 0.05) is 32.2 Å². The van der Waals surface area contributed by atoms with E-state index in [0.29, 0.717) is 38.4 Å². The first-order valence-electron chi connectivity index (χ1n) is 11.7. The maximum absolute atomic E-state index is 14.0. The van der Waals surface area contributed by atoms with Gasteiger partial charge in [0.05, 0.1) is 17.0 Å². The van der Waals surface area contributed by atoms with Crippen molar-refractivity contribution in [3.8, 4) is 0 Å². The predicted molar refractivity (Wildman–Crippen MR) is 144 cm³/mol. The quantitative estimate of drug-likeness (QED) is 0.474. The number of fused-ring (bicyclic) bond motifs is 1. The van der Waals surface area contributed by atoms with Crippen molar-refractivity contribution in [2.45, 2.75) is 39.3 Å². The molecule has 0 aliphatic carbocycles. The number of piperidine rings is 1. The van der Waals surface area contributed by atoms with Crippen LogP contribution in [0, 0.1) is 11.8 Å². The van der Waals surface area contributed by atoms with Crippen LogP contribution in [0.3, 0.4) is 0 Å². The van der Waals surface area contributed by atoms with Crippen molar-refractivity contribution in [3.05, 3.63) is 66.0 Å². The van der Waals surface area contributed by atoms with E-state index in [2.05, 4.69) is 31.3 Å². The summed E-state index contributed by atoms with van der Waals surface area (Å²) in [5, 5.41) is 3.29. The van der Waals surface area contributed by atoms with Crippen LogP contribution in [-0.4, -0.2) is 51.9 Å². The molecular weight excluding hydrogens is 485 g/mol. The van der Waals surface area contributed by atoms with Gasteiger partial charge in [0.15, 0.2) is 5.82 Å². The Labute approximate surface area is 219 Å². The fourth-order valence-corrected chi connectivity index (χ4v) is 4.64. The number of nitrogens with one attached hydrogen (secondary N) is 1. The number of carbonyl (C=O) groups excluding carboxylic acids is 2. The third-order valence-corrected chi connectivity index (χ3v) is 6.31. The van der Waals surface area contributed by atoms with E-state index in [9.17, 15) is 9.59 Å². The number of benzene rings is 2. The monoisotopic (exact) mass is 519 g/mol. The maximum Gasteiger partial charge on any atom is 0.290 e. The first kappa shape index (κ1) is 28.6. The predicted octanol–water partition coefficient (Wildman–Crippen LogP) is 3.68. The van der Waals surface area contributed by atoms with Gasteiger partial charge in [-0.2, -0.15) is 0 Å². The minimum atomic E-state index is -0.320. The third kappa shape index (κ3) is 6.75. The largest absolute Gasteiger partial charge is 0.369 e. The molecule has 2 heterocycles. The zero-order valence-electron chi connectivity index (χ0n) is 20.2. The van der Waals surface area contributed by atoms with Crippen LogP contribution >= 0.6 is 24.8 Å². The summed E-state index contributed by atoms with van der Waals surface area (Å²) >= 11 is 0. The molecule has 1 aliphatic heterocycles. The van der Waals surface area contributed by atoms with E-state index in [-0.39, 0.29) is 54.5 Å². The molecule has 1 saturated heterocycles. The molecule has 7 nitrogen and oxygen atoms in total. The zero-order valence-corrected chi connectivity index (χ0v) is 21.9. The molecule has 190 valence electrons. The first-order valence-corrected chi connectivity index (χ1v) is 11.7. The molecule has 1 aliphatic rings. The van der Waals surface area contributed by atoms with Crippen molar-refractivity contribution in [1.82, 2.24) is 19.8 Å². The molecule has 4 rings (SSSR count). The highest BCUT2D eigenvalue weighted by Crippen LogP contribution is 2.23. The molecular formula is C26H35Cl2N5O2. The number of para-hydroxylation sites is 2. The molecule has 0 unspecified atom stereocenters. The number of rotatable bonds is 8. The minimum absolute atomic E-state index is 0. The van der Waals surface area contributed by atoms with Crippen molar-refractivity contribution in [2.24, 2.45) is 17.6 Å². The van der Waals surface area contributed by atoms with E-state index in [1.54, 1.807) is 0 Å². The number of nitrogens with zero attached hydrogens (tertiary/aromatic N) is 3. The molecule has 0 bridgehead atoms. The summed E-state index contributed by atoms with van der Waals surface area (Å²) in [5.41, 5.74) is 8.58. The Bertz CT molecular complexity index is 1120. The van der Waals surface area contributed by atoms with E-state index >= 15 is 0 Å². The van der Waals surface area contributed by atoms with Crippen molar-refractivity contribution in [3.63, 3.8) is 0 Å². The number of amides is 2. The van der Waals surface area contributed by atoms with Crippen LogP contribution in [0.5, 0.6) is 0 Å². The van der Waals surface area contributed by atoms with Crippen molar-refractivity contribution in [2.75, 3.05) is 19.6 Å². The van der Waals surface area contributed by atoms with Crippen LogP contribution < -0.4 is 11.1 Å². The number of hydrogen-bond donors (Lipinski definition) is 2. The van der Waals surface area contributed by atoms with E-state index in [4.69, 9.17) is 10.7 Å². The smallest absolute Gasteiger partial charge is 0.290 e. The lowest BCUT2D eigenvalue weighted by Gasteiger charge is -2.38. The molecule has 0 radical (unpaired) electrons. The molecule has 2 aromatic carbocycles. The van der Waals surface area contributed by atoms with E-state index < -0.39 is 0 Å². The highest BCUT2D eigenvalue weighted by molar-refractivity contribution is 5.95. The second-order valence-corrected chi connectivity index (χ2v) is 9.31. The Morgan fingerprint density at radius 2 is 1.77 bits per heavy atom. The van der Waals surface area contributed by atoms with E-state index in [1.165, 1.54) is 5.56 Å². The summed E-state index contributed by atoms with van der Waals surface area (Å²) in [6.45, 7) is 6.66. The molecule has 3 aromatic rings. The van der Waals surface area contributed by atoms with Gasteiger partial charge in [0.2, 0.25) is 5.91 Å².